The average Bonchev–Trinajstić information content (AvgIpc) is 2.98. The third-order valence-electron chi connectivity index (χ3n) is 5.10. The standard InChI is InChI=1S/C22H43N2/c1-4-7-10-12-13-14-16-19-24-21-20-23(18-9-6-3)22(24)17-15-11-8-5-2/h20-21H,4-19H2,1-3H3/q+1. The van der Waals surface area contributed by atoms with Gasteiger partial charge >= 0.3 is 0 Å². The molecule has 0 bridgehead atoms. The minimum atomic E-state index is 1.20. The number of aryl methyl sites for hydroxylation is 2. The Hall–Kier alpha value is -0.790. The first-order valence-electron chi connectivity index (χ1n) is 10.9. The van der Waals surface area contributed by atoms with Crippen LogP contribution in [0.3, 0.4) is 0 Å². The highest BCUT2D eigenvalue weighted by Gasteiger charge is 2.16. The first kappa shape index (κ1) is 21.3. The van der Waals surface area contributed by atoms with Gasteiger partial charge in [-0.05, 0) is 25.7 Å². The van der Waals surface area contributed by atoms with Crippen molar-refractivity contribution in [2.45, 2.75) is 124 Å². The number of imidazole rings is 1. The second-order valence-corrected chi connectivity index (χ2v) is 7.39. The summed E-state index contributed by atoms with van der Waals surface area (Å²) < 4.78 is 5.07. The van der Waals surface area contributed by atoms with Crippen molar-refractivity contribution in [2.24, 2.45) is 0 Å². The second-order valence-electron chi connectivity index (χ2n) is 7.39. The zero-order chi connectivity index (χ0) is 17.5. The van der Waals surface area contributed by atoms with Gasteiger partial charge in [-0.25, -0.2) is 9.13 Å². The molecule has 0 aliphatic rings. The monoisotopic (exact) mass is 335 g/mol. The topological polar surface area (TPSA) is 8.81 Å². The summed E-state index contributed by atoms with van der Waals surface area (Å²) in [6, 6.07) is 0. The quantitative estimate of drug-likeness (QED) is 0.242. The van der Waals surface area contributed by atoms with E-state index < -0.39 is 0 Å². The lowest BCUT2D eigenvalue weighted by Gasteiger charge is -2.06. The summed E-state index contributed by atoms with van der Waals surface area (Å²) in [7, 11) is 0. The molecular weight excluding hydrogens is 292 g/mol. The molecule has 0 aliphatic heterocycles. The third-order valence-corrected chi connectivity index (χ3v) is 5.10. The summed E-state index contributed by atoms with van der Waals surface area (Å²) in [6.07, 6.45) is 23.7. The van der Waals surface area contributed by atoms with Gasteiger partial charge in [0.15, 0.2) is 0 Å². The zero-order valence-corrected chi connectivity index (χ0v) is 16.9. The van der Waals surface area contributed by atoms with E-state index in [-0.39, 0.29) is 0 Å². The number of rotatable bonds is 16. The fourth-order valence-corrected chi connectivity index (χ4v) is 3.47. The van der Waals surface area contributed by atoms with Gasteiger partial charge < -0.3 is 0 Å². The van der Waals surface area contributed by atoms with Gasteiger partial charge in [-0.1, -0.05) is 78.6 Å². The van der Waals surface area contributed by atoms with Crippen LogP contribution >= 0.6 is 0 Å². The molecule has 0 saturated carbocycles. The minimum absolute atomic E-state index is 1.20. The first-order chi connectivity index (χ1) is 11.8. The first-order valence-corrected chi connectivity index (χ1v) is 10.9. The highest BCUT2D eigenvalue weighted by atomic mass is 15.1. The maximum atomic E-state index is 2.55. The van der Waals surface area contributed by atoms with Gasteiger partial charge in [0.05, 0.1) is 13.1 Å². The van der Waals surface area contributed by atoms with Gasteiger partial charge in [0, 0.05) is 6.42 Å². The summed E-state index contributed by atoms with van der Waals surface area (Å²) in [6.45, 7) is 9.29. The maximum Gasteiger partial charge on any atom is 0.256 e. The van der Waals surface area contributed by atoms with Crippen molar-refractivity contribution < 1.29 is 4.57 Å². The zero-order valence-electron chi connectivity index (χ0n) is 16.9. The van der Waals surface area contributed by atoms with E-state index in [4.69, 9.17) is 0 Å². The minimum Gasteiger partial charge on any atom is -0.234 e. The van der Waals surface area contributed by atoms with E-state index in [1.165, 1.54) is 103 Å². The molecule has 0 fully saturated rings. The molecule has 0 atom stereocenters. The predicted molar refractivity (Wildman–Crippen MR) is 105 cm³/mol. The molecule has 1 aromatic rings. The molecular formula is C22H43N2+. The Morgan fingerprint density at radius 3 is 1.96 bits per heavy atom. The summed E-state index contributed by atoms with van der Waals surface area (Å²) in [4.78, 5) is 0. The molecule has 1 rings (SSSR count). The van der Waals surface area contributed by atoms with Gasteiger partial charge in [0.1, 0.15) is 12.4 Å². The molecule has 1 aromatic heterocycles. The van der Waals surface area contributed by atoms with Crippen LogP contribution in [0.15, 0.2) is 12.4 Å². The van der Waals surface area contributed by atoms with Crippen LogP contribution in [0.25, 0.3) is 0 Å². The third kappa shape index (κ3) is 8.89. The Morgan fingerprint density at radius 1 is 0.708 bits per heavy atom. The van der Waals surface area contributed by atoms with E-state index in [0.717, 1.165) is 0 Å². The summed E-state index contributed by atoms with van der Waals surface area (Å²) in [5.41, 5.74) is 0. The van der Waals surface area contributed by atoms with Crippen molar-refractivity contribution in [3.05, 3.63) is 18.2 Å². The van der Waals surface area contributed by atoms with Crippen LogP contribution in [0.2, 0.25) is 0 Å². The fourth-order valence-electron chi connectivity index (χ4n) is 3.47. The molecule has 0 saturated heterocycles. The van der Waals surface area contributed by atoms with Crippen LogP contribution in [0.1, 0.15) is 110 Å². The van der Waals surface area contributed by atoms with Crippen LogP contribution in [-0.2, 0) is 19.5 Å². The lowest BCUT2D eigenvalue weighted by molar-refractivity contribution is -0.704. The largest absolute Gasteiger partial charge is 0.256 e. The Balaban J connectivity index is 2.41. The van der Waals surface area contributed by atoms with Crippen LogP contribution in [0.4, 0.5) is 0 Å². The van der Waals surface area contributed by atoms with Crippen LogP contribution in [0, 0.1) is 0 Å². The number of hydrogen-bond donors (Lipinski definition) is 0. The van der Waals surface area contributed by atoms with Crippen molar-refractivity contribution in [3.63, 3.8) is 0 Å². The Bertz CT molecular complexity index is 395. The summed E-state index contributed by atoms with van der Waals surface area (Å²) >= 11 is 0. The molecule has 0 spiro atoms. The van der Waals surface area contributed by atoms with Gasteiger partial charge in [0.2, 0.25) is 0 Å². The van der Waals surface area contributed by atoms with Crippen LogP contribution < -0.4 is 4.57 Å². The van der Waals surface area contributed by atoms with Gasteiger partial charge in [-0.3, -0.25) is 0 Å². The van der Waals surface area contributed by atoms with Crippen molar-refractivity contribution in [1.29, 1.82) is 0 Å². The number of hydrogen-bond acceptors (Lipinski definition) is 0. The van der Waals surface area contributed by atoms with Crippen LogP contribution in [0.5, 0.6) is 0 Å². The van der Waals surface area contributed by atoms with E-state index in [1.807, 2.05) is 0 Å². The fraction of sp³-hybridized carbons (Fsp3) is 0.864. The van der Waals surface area contributed by atoms with Crippen molar-refractivity contribution in [1.82, 2.24) is 4.57 Å². The molecule has 0 radical (unpaired) electrons. The normalized spacial score (nSPS) is 11.3. The maximum absolute atomic E-state index is 2.55. The molecule has 0 unspecified atom stereocenters. The van der Waals surface area contributed by atoms with Crippen molar-refractivity contribution >= 4 is 0 Å². The highest BCUT2D eigenvalue weighted by molar-refractivity contribution is 4.84. The van der Waals surface area contributed by atoms with Crippen molar-refractivity contribution in [3.8, 4) is 0 Å². The van der Waals surface area contributed by atoms with Gasteiger partial charge in [0.25, 0.3) is 5.82 Å². The number of aromatic nitrogens is 2. The Labute approximate surface area is 151 Å². The van der Waals surface area contributed by atoms with E-state index in [1.54, 1.807) is 5.82 Å². The molecule has 24 heavy (non-hydrogen) atoms. The SMILES string of the molecule is CCCCCCCCCn1cc[n+](CCCC)c1CCCCCC. The molecule has 140 valence electrons. The molecule has 0 amide bonds. The Morgan fingerprint density at radius 2 is 1.29 bits per heavy atom. The summed E-state index contributed by atoms with van der Waals surface area (Å²) in [5, 5.41) is 0. The highest BCUT2D eigenvalue weighted by Crippen LogP contribution is 2.10. The lowest BCUT2D eigenvalue weighted by Crippen LogP contribution is -2.37. The lowest BCUT2D eigenvalue weighted by atomic mass is 10.1. The smallest absolute Gasteiger partial charge is 0.234 e. The molecule has 0 N–H and O–H groups in total. The molecule has 2 nitrogen and oxygen atoms in total. The van der Waals surface area contributed by atoms with Gasteiger partial charge in [-0.2, -0.15) is 0 Å². The molecule has 0 aromatic carbocycles. The van der Waals surface area contributed by atoms with Gasteiger partial charge in [-0.15, -0.1) is 0 Å². The molecule has 2 heteroatoms. The number of nitrogens with zero attached hydrogens (tertiary/aromatic N) is 2. The average molecular weight is 336 g/mol. The second kappa shape index (κ2) is 14.5. The van der Waals surface area contributed by atoms with E-state index in [9.17, 15) is 0 Å². The molecule has 1 heterocycles. The number of unbranched alkanes of at least 4 members (excludes halogenated alkanes) is 10. The Kier molecular flexibility index (Phi) is 12.9. The van der Waals surface area contributed by atoms with E-state index in [2.05, 4.69) is 42.3 Å². The van der Waals surface area contributed by atoms with Crippen molar-refractivity contribution in [2.75, 3.05) is 0 Å². The van der Waals surface area contributed by atoms with E-state index in [0.29, 0.717) is 0 Å². The predicted octanol–water partition coefficient (Wildman–Crippen LogP) is 6.45. The van der Waals surface area contributed by atoms with Crippen LogP contribution in [-0.4, -0.2) is 4.57 Å². The summed E-state index contributed by atoms with van der Waals surface area (Å²) in [5.74, 6) is 1.57. The molecule has 0 aliphatic carbocycles. The van der Waals surface area contributed by atoms with E-state index >= 15 is 0 Å².